The molecule has 0 aliphatic rings. The van der Waals surface area contributed by atoms with Gasteiger partial charge in [-0.2, -0.15) is 0 Å². The van der Waals surface area contributed by atoms with Gasteiger partial charge in [-0.15, -0.1) is 11.3 Å². The number of benzene rings is 2. The summed E-state index contributed by atoms with van der Waals surface area (Å²) in [6.07, 6.45) is 0. The summed E-state index contributed by atoms with van der Waals surface area (Å²) < 4.78 is 16.0. The van der Waals surface area contributed by atoms with Gasteiger partial charge < -0.3 is 19.5 Å². The number of aromatic nitrogens is 2. The van der Waals surface area contributed by atoms with Gasteiger partial charge in [0, 0.05) is 22.7 Å². The summed E-state index contributed by atoms with van der Waals surface area (Å²) in [6.45, 7) is 1.89. The van der Waals surface area contributed by atoms with Crippen molar-refractivity contribution in [3.05, 3.63) is 53.7 Å². The molecule has 4 rings (SSSR count). The molecule has 1 N–H and O–H groups in total. The first-order chi connectivity index (χ1) is 14.1. The monoisotopic (exact) mass is 407 g/mol. The second-order valence-corrected chi connectivity index (χ2v) is 7.23. The van der Waals surface area contributed by atoms with E-state index in [0.717, 1.165) is 38.6 Å². The number of methoxy groups -OCH3 is 3. The van der Waals surface area contributed by atoms with Crippen LogP contribution in [0, 0.1) is 6.92 Å². The minimum Gasteiger partial charge on any atom is -0.497 e. The highest BCUT2D eigenvalue weighted by atomic mass is 32.1. The van der Waals surface area contributed by atoms with Gasteiger partial charge in [-0.05, 0) is 36.8 Å². The Bertz CT molecular complexity index is 1160. The smallest absolute Gasteiger partial charge is 0.162 e. The standard InChI is InChI=1S/C22H21N3O3S/c1-13-23-21(25-15-7-10-18(27-3)19(11-15)28-4)20-17(12-29-22(20)24-13)14-5-8-16(26-2)9-6-14/h5-12H,1-4H3,(H,23,24,25). The number of thiophene rings is 1. The third-order valence-electron chi connectivity index (χ3n) is 4.59. The molecule has 0 amide bonds. The Kier molecular flexibility index (Phi) is 5.22. The summed E-state index contributed by atoms with van der Waals surface area (Å²) in [4.78, 5) is 10.2. The lowest BCUT2D eigenvalue weighted by Crippen LogP contribution is -1.99. The molecule has 0 atom stereocenters. The average Bonchev–Trinajstić information content (AvgIpc) is 3.17. The number of ether oxygens (including phenoxy) is 3. The van der Waals surface area contributed by atoms with Gasteiger partial charge in [0.15, 0.2) is 11.5 Å². The third kappa shape index (κ3) is 3.69. The van der Waals surface area contributed by atoms with Crippen molar-refractivity contribution in [1.82, 2.24) is 9.97 Å². The highest BCUT2D eigenvalue weighted by molar-refractivity contribution is 7.17. The normalized spacial score (nSPS) is 10.8. The molecule has 2 heterocycles. The largest absolute Gasteiger partial charge is 0.497 e. The number of rotatable bonds is 6. The molecule has 0 aliphatic heterocycles. The fourth-order valence-electron chi connectivity index (χ4n) is 3.17. The van der Waals surface area contributed by atoms with E-state index in [9.17, 15) is 0 Å². The summed E-state index contributed by atoms with van der Waals surface area (Å²) in [7, 11) is 4.90. The van der Waals surface area contributed by atoms with Crippen molar-refractivity contribution < 1.29 is 14.2 Å². The first-order valence-corrected chi connectivity index (χ1v) is 9.90. The SMILES string of the molecule is COc1ccc(-c2csc3nc(C)nc(Nc4ccc(OC)c(OC)c4)c23)cc1. The quantitative estimate of drug-likeness (QED) is 0.459. The van der Waals surface area contributed by atoms with Gasteiger partial charge >= 0.3 is 0 Å². The zero-order valence-electron chi connectivity index (χ0n) is 16.6. The molecule has 0 spiro atoms. The Balaban J connectivity index is 1.80. The third-order valence-corrected chi connectivity index (χ3v) is 5.46. The van der Waals surface area contributed by atoms with Gasteiger partial charge in [-0.3, -0.25) is 0 Å². The van der Waals surface area contributed by atoms with Crippen LogP contribution in [0.1, 0.15) is 5.82 Å². The molecule has 2 aromatic carbocycles. The van der Waals surface area contributed by atoms with Crippen molar-refractivity contribution in [2.75, 3.05) is 26.6 Å². The van der Waals surface area contributed by atoms with Gasteiger partial charge in [0.05, 0.1) is 26.7 Å². The summed E-state index contributed by atoms with van der Waals surface area (Å²) >= 11 is 1.60. The number of hydrogen-bond acceptors (Lipinski definition) is 7. The fraction of sp³-hybridized carbons (Fsp3) is 0.182. The van der Waals surface area contributed by atoms with Gasteiger partial charge in [0.2, 0.25) is 0 Å². The number of nitrogens with zero attached hydrogens (tertiary/aromatic N) is 2. The summed E-state index contributed by atoms with van der Waals surface area (Å²) in [5.74, 6) is 3.62. The van der Waals surface area contributed by atoms with Crippen molar-refractivity contribution in [3.63, 3.8) is 0 Å². The number of aryl methyl sites for hydroxylation is 1. The number of fused-ring (bicyclic) bond motifs is 1. The van der Waals surface area contributed by atoms with Crippen LogP contribution in [0.15, 0.2) is 47.8 Å². The lowest BCUT2D eigenvalue weighted by Gasteiger charge is -2.13. The molecule has 29 heavy (non-hydrogen) atoms. The van der Waals surface area contributed by atoms with Crippen LogP contribution in [0.2, 0.25) is 0 Å². The molecule has 2 aromatic heterocycles. The summed E-state index contributed by atoms with van der Waals surface area (Å²) in [5.41, 5.74) is 3.02. The van der Waals surface area contributed by atoms with Crippen LogP contribution in [0.25, 0.3) is 21.3 Å². The molecule has 4 aromatic rings. The fourth-order valence-corrected chi connectivity index (χ4v) is 4.17. The van der Waals surface area contributed by atoms with Crippen molar-refractivity contribution in [1.29, 1.82) is 0 Å². The topological polar surface area (TPSA) is 65.5 Å². The summed E-state index contributed by atoms with van der Waals surface area (Å²) in [5, 5.41) is 6.53. The minimum absolute atomic E-state index is 0.653. The van der Waals surface area contributed by atoms with Crippen molar-refractivity contribution in [2.24, 2.45) is 0 Å². The predicted molar refractivity (Wildman–Crippen MR) is 117 cm³/mol. The van der Waals surface area contributed by atoms with Crippen LogP contribution in [-0.4, -0.2) is 31.3 Å². The second kappa shape index (κ2) is 7.97. The van der Waals surface area contributed by atoms with Crippen molar-refractivity contribution >= 4 is 33.1 Å². The number of hydrogen-bond donors (Lipinski definition) is 1. The lowest BCUT2D eigenvalue weighted by molar-refractivity contribution is 0.355. The van der Waals surface area contributed by atoms with E-state index in [0.29, 0.717) is 17.3 Å². The first kappa shape index (κ1) is 19.0. The van der Waals surface area contributed by atoms with Crippen LogP contribution in [-0.2, 0) is 0 Å². The molecule has 0 saturated carbocycles. The van der Waals surface area contributed by atoms with Gasteiger partial charge in [0.1, 0.15) is 22.2 Å². The predicted octanol–water partition coefficient (Wildman–Crippen LogP) is 5.44. The van der Waals surface area contributed by atoms with E-state index < -0.39 is 0 Å². The first-order valence-electron chi connectivity index (χ1n) is 9.02. The molecule has 7 heteroatoms. The highest BCUT2D eigenvalue weighted by Gasteiger charge is 2.15. The Morgan fingerprint density at radius 1 is 0.862 bits per heavy atom. The van der Waals surface area contributed by atoms with Crippen LogP contribution >= 0.6 is 11.3 Å². The van der Waals surface area contributed by atoms with Crippen LogP contribution < -0.4 is 19.5 Å². The van der Waals surface area contributed by atoms with E-state index >= 15 is 0 Å². The molecular weight excluding hydrogens is 386 g/mol. The maximum Gasteiger partial charge on any atom is 0.162 e. The average molecular weight is 407 g/mol. The maximum absolute atomic E-state index is 5.42. The Morgan fingerprint density at radius 3 is 2.31 bits per heavy atom. The molecule has 0 saturated heterocycles. The highest BCUT2D eigenvalue weighted by Crippen LogP contribution is 2.39. The van der Waals surface area contributed by atoms with Gasteiger partial charge in [0.25, 0.3) is 0 Å². The minimum atomic E-state index is 0.653. The molecule has 0 aliphatic carbocycles. The van der Waals surface area contributed by atoms with Crippen LogP contribution in [0.3, 0.4) is 0 Å². The van der Waals surface area contributed by atoms with Crippen LogP contribution in [0.4, 0.5) is 11.5 Å². The van der Waals surface area contributed by atoms with E-state index in [2.05, 4.69) is 20.7 Å². The van der Waals surface area contributed by atoms with E-state index in [4.69, 9.17) is 14.2 Å². The Morgan fingerprint density at radius 2 is 1.62 bits per heavy atom. The molecule has 0 radical (unpaired) electrons. The Hall–Kier alpha value is -3.32. The molecule has 0 bridgehead atoms. The molecule has 0 fully saturated rings. The van der Waals surface area contributed by atoms with Gasteiger partial charge in [-0.25, -0.2) is 9.97 Å². The molecule has 6 nitrogen and oxygen atoms in total. The van der Waals surface area contributed by atoms with E-state index in [1.165, 1.54) is 0 Å². The maximum atomic E-state index is 5.42. The second-order valence-electron chi connectivity index (χ2n) is 6.37. The Labute approximate surface area is 173 Å². The molecule has 148 valence electrons. The van der Waals surface area contributed by atoms with E-state index in [1.54, 1.807) is 32.7 Å². The van der Waals surface area contributed by atoms with Crippen molar-refractivity contribution in [3.8, 4) is 28.4 Å². The van der Waals surface area contributed by atoms with E-state index in [-0.39, 0.29) is 0 Å². The number of anilines is 2. The zero-order valence-corrected chi connectivity index (χ0v) is 17.5. The number of nitrogens with one attached hydrogen (secondary N) is 1. The zero-order chi connectivity index (χ0) is 20.4. The van der Waals surface area contributed by atoms with E-state index in [1.807, 2.05) is 49.4 Å². The van der Waals surface area contributed by atoms with Crippen LogP contribution in [0.5, 0.6) is 17.2 Å². The molecule has 0 unspecified atom stereocenters. The lowest BCUT2D eigenvalue weighted by atomic mass is 10.1. The van der Waals surface area contributed by atoms with Gasteiger partial charge in [-0.1, -0.05) is 12.1 Å². The molecular formula is C22H21N3O3S. The van der Waals surface area contributed by atoms with Crippen molar-refractivity contribution in [2.45, 2.75) is 6.92 Å². The summed E-state index contributed by atoms with van der Waals surface area (Å²) in [6, 6.07) is 13.7.